The van der Waals surface area contributed by atoms with E-state index < -0.39 is 0 Å². The van der Waals surface area contributed by atoms with Gasteiger partial charge in [-0.05, 0) is 73.8 Å². The zero-order chi connectivity index (χ0) is 18.3. The fourth-order valence-corrected chi connectivity index (χ4v) is 4.34. The summed E-state index contributed by atoms with van der Waals surface area (Å²) in [5.41, 5.74) is 7.65. The third-order valence-electron chi connectivity index (χ3n) is 5.56. The van der Waals surface area contributed by atoms with Crippen molar-refractivity contribution in [1.29, 1.82) is 0 Å². The summed E-state index contributed by atoms with van der Waals surface area (Å²) in [6.45, 7) is 7.45. The van der Waals surface area contributed by atoms with Crippen molar-refractivity contribution < 1.29 is 0 Å². The van der Waals surface area contributed by atoms with Gasteiger partial charge in [-0.3, -0.25) is 0 Å². The standard InChI is InChI=1S/C22H25N3S/c1-4-20-21-18(17-7-5-6-8-19(17)24-21)11-12-25(20)22(26)23-16-10-9-14(2)15(3)13-16/h5-10,13,20,24H,4,11-12H2,1-3H3,(H,23,26). The molecule has 3 nitrogen and oxygen atoms in total. The van der Waals surface area contributed by atoms with Crippen LogP contribution in [0.3, 0.4) is 0 Å². The number of fused-ring (bicyclic) bond motifs is 3. The van der Waals surface area contributed by atoms with Crippen LogP contribution in [0.5, 0.6) is 0 Å². The van der Waals surface area contributed by atoms with E-state index in [2.05, 4.69) is 78.4 Å². The normalized spacial score (nSPS) is 16.6. The first kappa shape index (κ1) is 17.1. The van der Waals surface area contributed by atoms with E-state index in [1.165, 1.54) is 33.3 Å². The Hall–Kier alpha value is -2.33. The smallest absolute Gasteiger partial charge is 0.174 e. The summed E-state index contributed by atoms with van der Waals surface area (Å²) in [5.74, 6) is 0. The third-order valence-corrected chi connectivity index (χ3v) is 5.90. The van der Waals surface area contributed by atoms with Gasteiger partial charge in [-0.15, -0.1) is 0 Å². The number of para-hydroxylation sites is 1. The van der Waals surface area contributed by atoms with E-state index in [0.29, 0.717) is 0 Å². The van der Waals surface area contributed by atoms with Crippen LogP contribution in [0, 0.1) is 13.8 Å². The number of H-pyrrole nitrogens is 1. The fourth-order valence-electron chi connectivity index (χ4n) is 4.00. The van der Waals surface area contributed by atoms with Crippen LogP contribution in [0.4, 0.5) is 5.69 Å². The minimum absolute atomic E-state index is 0.290. The molecule has 134 valence electrons. The van der Waals surface area contributed by atoms with Crippen molar-refractivity contribution in [3.05, 3.63) is 64.8 Å². The van der Waals surface area contributed by atoms with Crippen LogP contribution in [0.25, 0.3) is 10.9 Å². The monoisotopic (exact) mass is 363 g/mol. The summed E-state index contributed by atoms with van der Waals surface area (Å²) in [7, 11) is 0. The highest BCUT2D eigenvalue weighted by atomic mass is 32.1. The first-order valence-corrected chi connectivity index (χ1v) is 9.73. The number of anilines is 1. The predicted octanol–water partition coefficient (Wildman–Crippen LogP) is 5.49. The first-order valence-electron chi connectivity index (χ1n) is 9.33. The van der Waals surface area contributed by atoms with E-state index in [1.807, 2.05) is 0 Å². The Morgan fingerprint density at radius 2 is 2.00 bits per heavy atom. The van der Waals surface area contributed by atoms with Crippen molar-refractivity contribution in [3.63, 3.8) is 0 Å². The van der Waals surface area contributed by atoms with Gasteiger partial charge in [0.1, 0.15) is 0 Å². The predicted molar refractivity (Wildman–Crippen MR) is 114 cm³/mol. The number of benzene rings is 2. The van der Waals surface area contributed by atoms with E-state index in [4.69, 9.17) is 12.2 Å². The van der Waals surface area contributed by atoms with Gasteiger partial charge in [-0.2, -0.15) is 0 Å². The van der Waals surface area contributed by atoms with E-state index in [0.717, 1.165) is 30.2 Å². The van der Waals surface area contributed by atoms with Crippen molar-refractivity contribution in [2.75, 3.05) is 11.9 Å². The van der Waals surface area contributed by atoms with Crippen LogP contribution in [-0.4, -0.2) is 21.5 Å². The molecule has 0 aliphatic carbocycles. The molecule has 0 saturated carbocycles. The fraction of sp³-hybridized carbons (Fsp3) is 0.318. The molecule has 1 aromatic heterocycles. The lowest BCUT2D eigenvalue weighted by Crippen LogP contribution is -2.42. The second kappa shape index (κ2) is 6.76. The van der Waals surface area contributed by atoms with Crippen LogP contribution >= 0.6 is 12.2 Å². The maximum absolute atomic E-state index is 5.79. The number of rotatable bonds is 2. The van der Waals surface area contributed by atoms with Crippen molar-refractivity contribution in [1.82, 2.24) is 9.88 Å². The molecule has 0 bridgehead atoms. The number of hydrogen-bond donors (Lipinski definition) is 2. The van der Waals surface area contributed by atoms with Crippen LogP contribution in [0.15, 0.2) is 42.5 Å². The molecular formula is C22H25N3S. The Kier molecular flexibility index (Phi) is 4.45. The summed E-state index contributed by atoms with van der Waals surface area (Å²) in [4.78, 5) is 5.99. The SMILES string of the molecule is CCC1c2[nH]c3ccccc3c2CCN1C(=S)Nc1ccc(C)c(C)c1. The molecule has 1 aliphatic heterocycles. The Balaban J connectivity index is 1.62. The Morgan fingerprint density at radius 1 is 1.19 bits per heavy atom. The van der Waals surface area contributed by atoms with Crippen molar-refractivity contribution in [2.24, 2.45) is 0 Å². The lowest BCUT2D eigenvalue weighted by molar-refractivity contribution is 0.291. The number of aromatic amines is 1. The molecule has 0 radical (unpaired) electrons. The number of nitrogens with zero attached hydrogens (tertiary/aromatic N) is 1. The van der Waals surface area contributed by atoms with E-state index >= 15 is 0 Å². The topological polar surface area (TPSA) is 31.1 Å². The van der Waals surface area contributed by atoms with Gasteiger partial charge in [0.05, 0.1) is 6.04 Å². The second-order valence-electron chi connectivity index (χ2n) is 7.16. The molecule has 1 aliphatic rings. The molecule has 2 N–H and O–H groups in total. The van der Waals surface area contributed by atoms with Crippen LogP contribution in [0.2, 0.25) is 0 Å². The summed E-state index contributed by atoms with van der Waals surface area (Å²) < 4.78 is 0. The van der Waals surface area contributed by atoms with Crippen LogP contribution in [-0.2, 0) is 6.42 Å². The Labute approximate surface area is 160 Å². The second-order valence-corrected chi connectivity index (χ2v) is 7.55. The molecule has 1 atom stereocenters. The molecule has 3 aromatic rings. The highest BCUT2D eigenvalue weighted by molar-refractivity contribution is 7.80. The number of thiocarbonyl (C=S) groups is 1. The molecule has 0 spiro atoms. The minimum Gasteiger partial charge on any atom is -0.356 e. The molecular weight excluding hydrogens is 338 g/mol. The van der Waals surface area contributed by atoms with Crippen molar-refractivity contribution in [3.8, 4) is 0 Å². The zero-order valence-electron chi connectivity index (χ0n) is 15.6. The van der Waals surface area contributed by atoms with Gasteiger partial charge in [-0.1, -0.05) is 31.2 Å². The molecule has 1 unspecified atom stereocenters. The summed E-state index contributed by atoms with van der Waals surface area (Å²) >= 11 is 5.79. The van der Waals surface area contributed by atoms with E-state index in [9.17, 15) is 0 Å². The van der Waals surface area contributed by atoms with E-state index in [-0.39, 0.29) is 6.04 Å². The quantitative estimate of drug-likeness (QED) is 0.590. The first-order chi connectivity index (χ1) is 12.6. The van der Waals surface area contributed by atoms with Gasteiger partial charge in [-0.25, -0.2) is 0 Å². The number of aromatic nitrogens is 1. The van der Waals surface area contributed by atoms with Gasteiger partial charge in [0.15, 0.2) is 5.11 Å². The lowest BCUT2D eigenvalue weighted by atomic mass is 9.96. The van der Waals surface area contributed by atoms with Gasteiger partial charge in [0.25, 0.3) is 0 Å². The molecule has 2 aromatic carbocycles. The number of hydrogen-bond acceptors (Lipinski definition) is 1. The molecule has 0 amide bonds. The average molecular weight is 364 g/mol. The average Bonchev–Trinajstić information content (AvgIpc) is 3.02. The molecule has 0 saturated heterocycles. The number of aryl methyl sites for hydroxylation is 2. The van der Waals surface area contributed by atoms with E-state index in [1.54, 1.807) is 0 Å². The lowest BCUT2D eigenvalue weighted by Gasteiger charge is -2.37. The molecule has 0 fully saturated rings. The molecule has 4 heteroatoms. The maximum atomic E-state index is 5.79. The molecule has 2 heterocycles. The maximum Gasteiger partial charge on any atom is 0.174 e. The van der Waals surface area contributed by atoms with Crippen LogP contribution < -0.4 is 5.32 Å². The summed E-state index contributed by atoms with van der Waals surface area (Å²) in [6, 6.07) is 15.3. The van der Waals surface area contributed by atoms with Gasteiger partial charge < -0.3 is 15.2 Å². The van der Waals surface area contributed by atoms with Gasteiger partial charge in [0, 0.05) is 28.8 Å². The molecule has 4 rings (SSSR count). The summed E-state index contributed by atoms with van der Waals surface area (Å²) in [6.07, 6.45) is 2.04. The highest BCUT2D eigenvalue weighted by Crippen LogP contribution is 2.36. The van der Waals surface area contributed by atoms with Gasteiger partial charge >= 0.3 is 0 Å². The highest BCUT2D eigenvalue weighted by Gasteiger charge is 2.30. The van der Waals surface area contributed by atoms with Gasteiger partial charge in [0.2, 0.25) is 0 Å². The molecule has 26 heavy (non-hydrogen) atoms. The minimum atomic E-state index is 0.290. The van der Waals surface area contributed by atoms with Crippen LogP contribution in [0.1, 0.15) is 41.8 Å². The van der Waals surface area contributed by atoms with Crippen molar-refractivity contribution in [2.45, 2.75) is 39.7 Å². The Morgan fingerprint density at radius 3 is 2.77 bits per heavy atom. The third kappa shape index (κ3) is 2.88. The summed E-state index contributed by atoms with van der Waals surface area (Å²) in [5, 5.41) is 5.62. The zero-order valence-corrected chi connectivity index (χ0v) is 16.4. The van der Waals surface area contributed by atoms with Crippen molar-refractivity contribution >= 4 is 33.9 Å². The Bertz CT molecular complexity index is 973. The number of nitrogens with one attached hydrogen (secondary N) is 2. The largest absolute Gasteiger partial charge is 0.356 e.